The molecule has 13 heavy (non-hydrogen) atoms. The van der Waals surface area contributed by atoms with Gasteiger partial charge in [-0.15, -0.1) is 5.10 Å². The zero-order valence-electron chi connectivity index (χ0n) is 7.53. The average molecular weight is 249 g/mol. The maximum absolute atomic E-state index is 5.41. The summed E-state index contributed by atoms with van der Waals surface area (Å²) in [6.45, 7) is 4.23. The summed E-state index contributed by atoms with van der Waals surface area (Å²) < 4.78 is 7.58. The third kappa shape index (κ3) is 3.31. The topological polar surface area (TPSA) is 66.0 Å². The van der Waals surface area contributed by atoms with Gasteiger partial charge >= 0.3 is 0 Å². The zero-order chi connectivity index (χ0) is 9.68. The number of anilines is 1. The van der Waals surface area contributed by atoms with E-state index in [1.54, 1.807) is 4.68 Å². The molecule has 0 aliphatic carbocycles. The molecule has 2 N–H and O–H groups in total. The van der Waals surface area contributed by atoms with E-state index in [-0.39, 0.29) is 0 Å². The number of halogens is 1. The van der Waals surface area contributed by atoms with Gasteiger partial charge in [0.15, 0.2) is 4.73 Å². The number of nitrogen functional groups attached to an aromatic ring is 1. The fourth-order valence-electron chi connectivity index (χ4n) is 0.943. The van der Waals surface area contributed by atoms with E-state index in [1.165, 1.54) is 0 Å². The molecule has 0 aliphatic heterocycles. The highest BCUT2D eigenvalue weighted by molar-refractivity contribution is 9.10. The maximum atomic E-state index is 5.41. The van der Waals surface area contributed by atoms with E-state index in [1.807, 2.05) is 6.92 Å². The molecule has 0 amide bonds. The maximum Gasteiger partial charge on any atom is 0.240 e. The van der Waals surface area contributed by atoms with E-state index in [4.69, 9.17) is 10.5 Å². The molecule has 5 nitrogen and oxygen atoms in total. The predicted molar refractivity (Wildman–Crippen MR) is 53.2 cm³/mol. The number of nitrogens with two attached hydrogens (primary N) is 1. The van der Waals surface area contributed by atoms with Crippen molar-refractivity contribution in [3.8, 4) is 0 Å². The standard InChI is InChI=1S/C7H13BrN4O/c1-2-13-5-3-4-12-6(8)10-7(9)11-12/h2-5H2,1H3,(H2,9,11). The van der Waals surface area contributed by atoms with Gasteiger partial charge < -0.3 is 10.5 Å². The number of hydrogen-bond donors (Lipinski definition) is 1. The largest absolute Gasteiger partial charge is 0.382 e. The summed E-state index contributed by atoms with van der Waals surface area (Å²) in [5.41, 5.74) is 5.41. The van der Waals surface area contributed by atoms with Crippen molar-refractivity contribution in [2.24, 2.45) is 0 Å². The van der Waals surface area contributed by atoms with Crippen molar-refractivity contribution in [1.82, 2.24) is 14.8 Å². The summed E-state index contributed by atoms with van der Waals surface area (Å²) in [4.78, 5) is 3.92. The van der Waals surface area contributed by atoms with E-state index in [2.05, 4.69) is 26.0 Å². The molecule has 1 rings (SSSR count). The van der Waals surface area contributed by atoms with E-state index < -0.39 is 0 Å². The average Bonchev–Trinajstić information content (AvgIpc) is 2.39. The summed E-state index contributed by atoms with van der Waals surface area (Å²) in [6, 6.07) is 0. The molecule has 0 saturated heterocycles. The molecule has 74 valence electrons. The van der Waals surface area contributed by atoms with Crippen molar-refractivity contribution in [2.75, 3.05) is 18.9 Å². The first kappa shape index (κ1) is 10.5. The molecule has 0 spiro atoms. The summed E-state index contributed by atoms with van der Waals surface area (Å²) in [5, 5.41) is 3.99. The second-order valence-corrected chi connectivity index (χ2v) is 3.22. The molecule has 0 aromatic carbocycles. The van der Waals surface area contributed by atoms with Crippen LogP contribution in [0.15, 0.2) is 4.73 Å². The summed E-state index contributed by atoms with van der Waals surface area (Å²) in [5.74, 6) is 0.295. The second kappa shape index (κ2) is 5.18. The minimum Gasteiger partial charge on any atom is -0.382 e. The van der Waals surface area contributed by atoms with Gasteiger partial charge in [0.25, 0.3) is 0 Å². The molecule has 1 aromatic heterocycles. The van der Waals surface area contributed by atoms with Gasteiger partial charge in [0.1, 0.15) is 0 Å². The Bertz CT molecular complexity index is 263. The van der Waals surface area contributed by atoms with Gasteiger partial charge in [-0.05, 0) is 29.3 Å². The number of ether oxygens (including phenoxy) is 1. The van der Waals surface area contributed by atoms with E-state index in [0.29, 0.717) is 10.7 Å². The normalized spacial score (nSPS) is 10.6. The first-order valence-corrected chi connectivity index (χ1v) is 4.97. The first-order valence-electron chi connectivity index (χ1n) is 4.17. The van der Waals surface area contributed by atoms with Crippen LogP contribution < -0.4 is 5.73 Å². The van der Waals surface area contributed by atoms with Gasteiger partial charge in [0, 0.05) is 19.8 Å². The Morgan fingerprint density at radius 1 is 1.62 bits per heavy atom. The van der Waals surface area contributed by atoms with Crippen molar-refractivity contribution in [2.45, 2.75) is 19.9 Å². The predicted octanol–water partition coefficient (Wildman–Crippen LogP) is 1.05. The highest BCUT2D eigenvalue weighted by atomic mass is 79.9. The van der Waals surface area contributed by atoms with Crippen LogP contribution in [0.5, 0.6) is 0 Å². The van der Waals surface area contributed by atoms with Crippen LogP contribution in [0.3, 0.4) is 0 Å². The van der Waals surface area contributed by atoms with Gasteiger partial charge in [0.05, 0.1) is 0 Å². The molecule has 0 radical (unpaired) electrons. The van der Waals surface area contributed by atoms with Crippen LogP contribution in [0.4, 0.5) is 5.95 Å². The Morgan fingerprint density at radius 2 is 2.38 bits per heavy atom. The molecule has 0 fully saturated rings. The van der Waals surface area contributed by atoms with Gasteiger partial charge in [-0.3, -0.25) is 0 Å². The van der Waals surface area contributed by atoms with Crippen molar-refractivity contribution in [3.05, 3.63) is 4.73 Å². The van der Waals surface area contributed by atoms with Crippen molar-refractivity contribution < 1.29 is 4.74 Å². The Morgan fingerprint density at radius 3 is 2.92 bits per heavy atom. The van der Waals surface area contributed by atoms with Crippen LogP contribution in [0.25, 0.3) is 0 Å². The second-order valence-electron chi connectivity index (χ2n) is 2.51. The molecular weight excluding hydrogens is 236 g/mol. The monoisotopic (exact) mass is 248 g/mol. The van der Waals surface area contributed by atoms with Crippen LogP contribution >= 0.6 is 15.9 Å². The molecule has 6 heteroatoms. The molecule has 1 heterocycles. The Hall–Kier alpha value is -0.620. The minimum atomic E-state index is 0.295. The van der Waals surface area contributed by atoms with Gasteiger partial charge in [-0.1, -0.05) is 0 Å². The van der Waals surface area contributed by atoms with E-state index >= 15 is 0 Å². The lowest BCUT2D eigenvalue weighted by molar-refractivity contribution is 0.140. The van der Waals surface area contributed by atoms with Crippen LogP contribution in [-0.2, 0) is 11.3 Å². The fourth-order valence-corrected chi connectivity index (χ4v) is 1.38. The molecule has 0 saturated carbocycles. The SMILES string of the molecule is CCOCCCn1nc(N)nc1Br. The van der Waals surface area contributed by atoms with E-state index in [0.717, 1.165) is 26.2 Å². The smallest absolute Gasteiger partial charge is 0.240 e. The lowest BCUT2D eigenvalue weighted by Gasteiger charge is -2.01. The van der Waals surface area contributed by atoms with Crippen LogP contribution in [0.1, 0.15) is 13.3 Å². The number of aryl methyl sites for hydroxylation is 1. The summed E-state index contributed by atoms with van der Waals surface area (Å²) in [7, 11) is 0. The molecule has 1 aromatic rings. The number of nitrogens with zero attached hydrogens (tertiary/aromatic N) is 3. The molecular formula is C7H13BrN4O. The van der Waals surface area contributed by atoms with Crippen LogP contribution in [0, 0.1) is 0 Å². The zero-order valence-corrected chi connectivity index (χ0v) is 9.12. The van der Waals surface area contributed by atoms with Gasteiger partial charge in [-0.2, -0.15) is 4.98 Å². The summed E-state index contributed by atoms with van der Waals surface area (Å²) in [6.07, 6.45) is 0.912. The molecule has 0 atom stereocenters. The Balaban J connectivity index is 2.32. The van der Waals surface area contributed by atoms with Gasteiger partial charge in [-0.25, -0.2) is 4.68 Å². The van der Waals surface area contributed by atoms with Gasteiger partial charge in [0.2, 0.25) is 5.95 Å². The van der Waals surface area contributed by atoms with Crippen molar-refractivity contribution in [1.29, 1.82) is 0 Å². The van der Waals surface area contributed by atoms with E-state index in [9.17, 15) is 0 Å². The first-order chi connectivity index (χ1) is 6.24. The Labute approximate surface area is 85.4 Å². The van der Waals surface area contributed by atoms with Crippen LogP contribution in [0.2, 0.25) is 0 Å². The highest BCUT2D eigenvalue weighted by Crippen LogP contribution is 2.08. The highest BCUT2D eigenvalue weighted by Gasteiger charge is 2.02. The van der Waals surface area contributed by atoms with Crippen LogP contribution in [-0.4, -0.2) is 28.0 Å². The van der Waals surface area contributed by atoms with Crippen molar-refractivity contribution in [3.63, 3.8) is 0 Å². The molecule has 0 aliphatic rings. The number of rotatable bonds is 5. The lowest BCUT2D eigenvalue weighted by atomic mass is 10.4. The third-order valence-corrected chi connectivity index (χ3v) is 2.09. The Kier molecular flexibility index (Phi) is 4.17. The number of hydrogen-bond acceptors (Lipinski definition) is 4. The molecule has 0 bridgehead atoms. The third-order valence-electron chi connectivity index (χ3n) is 1.51. The number of aromatic nitrogens is 3. The minimum absolute atomic E-state index is 0.295. The fraction of sp³-hybridized carbons (Fsp3) is 0.714. The molecule has 0 unspecified atom stereocenters. The van der Waals surface area contributed by atoms with Crippen molar-refractivity contribution >= 4 is 21.9 Å². The lowest BCUT2D eigenvalue weighted by Crippen LogP contribution is -2.04. The quantitative estimate of drug-likeness (QED) is 0.792. The summed E-state index contributed by atoms with van der Waals surface area (Å²) >= 11 is 3.25.